The van der Waals surface area contributed by atoms with Crippen molar-refractivity contribution in [3.05, 3.63) is 0 Å². The Morgan fingerprint density at radius 1 is 1.38 bits per heavy atom. The van der Waals surface area contributed by atoms with E-state index in [1.54, 1.807) is 4.90 Å². The van der Waals surface area contributed by atoms with Gasteiger partial charge in [0.15, 0.2) is 0 Å². The van der Waals surface area contributed by atoms with Gasteiger partial charge in [0.2, 0.25) is 11.8 Å². The highest BCUT2D eigenvalue weighted by atomic mass is 16.5. The first-order valence-corrected chi connectivity index (χ1v) is 8.28. The van der Waals surface area contributed by atoms with Crippen molar-refractivity contribution in [2.24, 2.45) is 5.92 Å². The fraction of sp³-hybridized carbons (Fsp3) is 0.875. The van der Waals surface area contributed by atoms with Crippen molar-refractivity contribution >= 4 is 11.8 Å². The van der Waals surface area contributed by atoms with E-state index in [4.69, 9.17) is 4.74 Å². The highest BCUT2D eigenvalue weighted by Gasteiger charge is 2.53. The fourth-order valence-corrected chi connectivity index (χ4v) is 3.62. The summed E-state index contributed by atoms with van der Waals surface area (Å²) in [6.45, 7) is 7.04. The molecule has 1 heterocycles. The summed E-state index contributed by atoms with van der Waals surface area (Å²) in [6, 6.07) is -0.464. The maximum absolute atomic E-state index is 12.4. The molecule has 5 heteroatoms. The first-order valence-electron chi connectivity index (χ1n) is 8.28. The minimum atomic E-state index is -0.543. The number of amides is 2. The second-order valence-corrected chi connectivity index (χ2v) is 6.38. The van der Waals surface area contributed by atoms with Crippen LogP contribution in [0.15, 0.2) is 0 Å². The fourth-order valence-electron chi connectivity index (χ4n) is 3.62. The quantitative estimate of drug-likeness (QED) is 0.864. The van der Waals surface area contributed by atoms with Gasteiger partial charge in [-0.1, -0.05) is 27.2 Å². The molecular formula is C16H28N2O3. The van der Waals surface area contributed by atoms with Crippen molar-refractivity contribution in [1.82, 2.24) is 10.2 Å². The van der Waals surface area contributed by atoms with Gasteiger partial charge in [0.1, 0.15) is 11.8 Å². The molecule has 1 spiro atoms. The van der Waals surface area contributed by atoms with E-state index in [0.717, 1.165) is 25.7 Å². The Balaban J connectivity index is 2.19. The molecular weight excluding hydrogens is 268 g/mol. The summed E-state index contributed by atoms with van der Waals surface area (Å²) in [5.41, 5.74) is -0.543. The summed E-state index contributed by atoms with van der Waals surface area (Å²) in [5.74, 6) is 0.482. The summed E-state index contributed by atoms with van der Waals surface area (Å²) in [4.78, 5) is 26.6. The maximum Gasteiger partial charge on any atom is 0.245 e. The molecule has 1 saturated carbocycles. The molecule has 0 bridgehead atoms. The van der Waals surface area contributed by atoms with Crippen LogP contribution in [0.5, 0.6) is 0 Å². The molecule has 2 amide bonds. The standard InChI is InChI=1S/C16H28N2O3/c1-4-9-17-15(20)13-11-21-16(18(13)14(19)5-2)8-6-7-12(3)10-16/h12-13H,4-11H2,1-3H3,(H,17,20). The Morgan fingerprint density at radius 3 is 2.76 bits per heavy atom. The molecule has 2 aliphatic rings. The van der Waals surface area contributed by atoms with Gasteiger partial charge >= 0.3 is 0 Å². The number of nitrogens with zero attached hydrogens (tertiary/aromatic N) is 1. The van der Waals surface area contributed by atoms with Crippen molar-refractivity contribution in [3.63, 3.8) is 0 Å². The highest BCUT2D eigenvalue weighted by Crippen LogP contribution is 2.42. The Labute approximate surface area is 127 Å². The van der Waals surface area contributed by atoms with E-state index in [1.165, 1.54) is 6.42 Å². The Morgan fingerprint density at radius 2 is 2.14 bits per heavy atom. The molecule has 1 aliphatic carbocycles. The largest absolute Gasteiger partial charge is 0.354 e. The highest BCUT2D eigenvalue weighted by molar-refractivity contribution is 5.88. The summed E-state index contributed by atoms with van der Waals surface area (Å²) in [5, 5.41) is 2.90. The predicted molar refractivity (Wildman–Crippen MR) is 80.5 cm³/mol. The Bertz CT molecular complexity index is 399. The van der Waals surface area contributed by atoms with Crippen LogP contribution in [0.4, 0.5) is 0 Å². The normalized spacial score (nSPS) is 32.4. The lowest BCUT2D eigenvalue weighted by Gasteiger charge is -2.43. The van der Waals surface area contributed by atoms with E-state index in [0.29, 0.717) is 25.5 Å². The van der Waals surface area contributed by atoms with Crippen molar-refractivity contribution in [2.45, 2.75) is 71.1 Å². The van der Waals surface area contributed by atoms with Crippen molar-refractivity contribution in [2.75, 3.05) is 13.2 Å². The second-order valence-electron chi connectivity index (χ2n) is 6.38. The molecule has 1 aliphatic heterocycles. The van der Waals surface area contributed by atoms with E-state index in [9.17, 15) is 9.59 Å². The molecule has 1 saturated heterocycles. The number of nitrogens with one attached hydrogen (secondary N) is 1. The molecule has 0 aromatic rings. The van der Waals surface area contributed by atoms with Crippen molar-refractivity contribution in [1.29, 1.82) is 0 Å². The van der Waals surface area contributed by atoms with Gasteiger partial charge in [-0.15, -0.1) is 0 Å². The van der Waals surface area contributed by atoms with Gasteiger partial charge in [0, 0.05) is 13.0 Å². The molecule has 0 aromatic heterocycles. The number of hydrogen-bond acceptors (Lipinski definition) is 3. The van der Waals surface area contributed by atoms with E-state index in [1.807, 2.05) is 13.8 Å². The maximum atomic E-state index is 12.4. The second kappa shape index (κ2) is 6.77. The first-order chi connectivity index (χ1) is 10.0. The Kier molecular flexibility index (Phi) is 5.25. The van der Waals surface area contributed by atoms with E-state index in [2.05, 4.69) is 12.2 Å². The zero-order valence-electron chi connectivity index (χ0n) is 13.5. The van der Waals surface area contributed by atoms with Crippen LogP contribution in [0.3, 0.4) is 0 Å². The van der Waals surface area contributed by atoms with Gasteiger partial charge in [-0.3, -0.25) is 14.5 Å². The van der Waals surface area contributed by atoms with Gasteiger partial charge in [-0.2, -0.15) is 0 Å². The molecule has 2 fully saturated rings. The van der Waals surface area contributed by atoms with Gasteiger partial charge in [-0.05, 0) is 31.6 Å². The van der Waals surface area contributed by atoms with Crippen LogP contribution in [0, 0.1) is 5.92 Å². The number of ether oxygens (including phenoxy) is 1. The van der Waals surface area contributed by atoms with Crippen LogP contribution in [-0.4, -0.2) is 41.6 Å². The van der Waals surface area contributed by atoms with Crippen LogP contribution < -0.4 is 5.32 Å². The van der Waals surface area contributed by atoms with E-state index in [-0.39, 0.29) is 11.8 Å². The third-order valence-electron chi connectivity index (χ3n) is 4.62. The average molecular weight is 296 g/mol. The van der Waals surface area contributed by atoms with E-state index >= 15 is 0 Å². The third kappa shape index (κ3) is 3.23. The van der Waals surface area contributed by atoms with Gasteiger partial charge in [0.25, 0.3) is 0 Å². The van der Waals surface area contributed by atoms with Gasteiger partial charge in [0.05, 0.1) is 6.61 Å². The SMILES string of the molecule is CCCNC(=O)C1COC2(CCCC(C)C2)N1C(=O)CC. The topological polar surface area (TPSA) is 58.6 Å². The van der Waals surface area contributed by atoms with Gasteiger partial charge < -0.3 is 10.1 Å². The molecule has 0 radical (unpaired) electrons. The molecule has 3 unspecified atom stereocenters. The molecule has 0 aromatic carbocycles. The Hall–Kier alpha value is -1.10. The lowest BCUT2D eigenvalue weighted by atomic mass is 9.83. The zero-order chi connectivity index (χ0) is 15.5. The summed E-state index contributed by atoms with van der Waals surface area (Å²) in [6.07, 6.45) is 5.22. The predicted octanol–water partition coefficient (Wildman–Crippen LogP) is 2.06. The molecule has 21 heavy (non-hydrogen) atoms. The lowest BCUT2D eigenvalue weighted by Crippen LogP contribution is -2.57. The zero-order valence-corrected chi connectivity index (χ0v) is 13.5. The smallest absolute Gasteiger partial charge is 0.245 e. The van der Waals surface area contributed by atoms with Crippen LogP contribution in [-0.2, 0) is 14.3 Å². The molecule has 1 N–H and O–H groups in total. The molecule has 5 nitrogen and oxygen atoms in total. The minimum Gasteiger partial charge on any atom is -0.354 e. The molecule has 3 atom stereocenters. The molecule has 2 rings (SSSR count). The van der Waals surface area contributed by atoms with Crippen molar-refractivity contribution in [3.8, 4) is 0 Å². The number of carbonyl (C=O) groups excluding carboxylic acids is 2. The monoisotopic (exact) mass is 296 g/mol. The van der Waals surface area contributed by atoms with Crippen LogP contribution in [0.2, 0.25) is 0 Å². The van der Waals surface area contributed by atoms with Crippen molar-refractivity contribution < 1.29 is 14.3 Å². The van der Waals surface area contributed by atoms with Crippen LogP contribution in [0.25, 0.3) is 0 Å². The summed E-state index contributed by atoms with van der Waals surface area (Å²) < 4.78 is 6.05. The number of hydrogen-bond donors (Lipinski definition) is 1. The first kappa shape index (κ1) is 16.3. The summed E-state index contributed by atoms with van der Waals surface area (Å²) in [7, 11) is 0. The third-order valence-corrected chi connectivity index (χ3v) is 4.62. The van der Waals surface area contributed by atoms with Crippen LogP contribution >= 0.6 is 0 Å². The summed E-state index contributed by atoms with van der Waals surface area (Å²) >= 11 is 0. The van der Waals surface area contributed by atoms with Gasteiger partial charge in [-0.25, -0.2) is 0 Å². The number of carbonyl (C=O) groups is 2. The minimum absolute atomic E-state index is 0.0262. The molecule has 120 valence electrons. The van der Waals surface area contributed by atoms with E-state index < -0.39 is 11.8 Å². The van der Waals surface area contributed by atoms with Crippen LogP contribution in [0.1, 0.15) is 59.3 Å². The lowest BCUT2D eigenvalue weighted by molar-refractivity contribution is -0.162. The average Bonchev–Trinajstić information content (AvgIpc) is 2.82. The number of rotatable bonds is 4.